The standard InChI is InChI=1S/C23H26BrN3O2/c1-2-7-21(28)29-19-11-6-8-16(14-19)22-23(25-18-9-4-3-5-10-18)27-15-17(24)12-13-20(27)26-22/h6,8,11-15,18,25H,2-5,7,9-10H2,1H3. The highest BCUT2D eigenvalue weighted by Gasteiger charge is 2.20. The number of rotatable bonds is 6. The summed E-state index contributed by atoms with van der Waals surface area (Å²) < 4.78 is 8.60. The summed E-state index contributed by atoms with van der Waals surface area (Å²) in [4.78, 5) is 16.8. The average molecular weight is 456 g/mol. The summed E-state index contributed by atoms with van der Waals surface area (Å²) in [7, 11) is 0. The van der Waals surface area contributed by atoms with E-state index in [0.29, 0.717) is 18.2 Å². The van der Waals surface area contributed by atoms with E-state index in [0.717, 1.165) is 33.6 Å². The van der Waals surface area contributed by atoms with Crippen molar-refractivity contribution < 1.29 is 9.53 Å². The molecule has 0 aliphatic heterocycles. The molecule has 1 N–H and O–H groups in total. The first-order valence-electron chi connectivity index (χ1n) is 10.4. The maximum absolute atomic E-state index is 11.9. The molecule has 0 spiro atoms. The maximum Gasteiger partial charge on any atom is 0.311 e. The summed E-state index contributed by atoms with van der Waals surface area (Å²) in [6, 6.07) is 12.1. The lowest BCUT2D eigenvalue weighted by molar-refractivity contribution is -0.134. The molecule has 6 heteroatoms. The molecule has 1 aromatic carbocycles. The van der Waals surface area contributed by atoms with Gasteiger partial charge in [0.15, 0.2) is 0 Å². The lowest BCUT2D eigenvalue weighted by Crippen LogP contribution is -2.23. The lowest BCUT2D eigenvalue weighted by Gasteiger charge is -2.24. The number of pyridine rings is 1. The lowest BCUT2D eigenvalue weighted by atomic mass is 9.95. The number of nitrogens with one attached hydrogen (secondary N) is 1. The number of imidazole rings is 1. The topological polar surface area (TPSA) is 55.6 Å². The fraction of sp³-hybridized carbons (Fsp3) is 0.391. The highest BCUT2D eigenvalue weighted by molar-refractivity contribution is 9.10. The molecule has 0 saturated heterocycles. The van der Waals surface area contributed by atoms with Gasteiger partial charge in [0.25, 0.3) is 0 Å². The smallest absolute Gasteiger partial charge is 0.311 e. The van der Waals surface area contributed by atoms with Crippen LogP contribution in [-0.4, -0.2) is 21.4 Å². The molecule has 0 bridgehead atoms. The van der Waals surface area contributed by atoms with E-state index in [9.17, 15) is 4.79 Å². The first kappa shape index (κ1) is 20.0. The summed E-state index contributed by atoms with van der Waals surface area (Å²) in [5.74, 6) is 1.34. The Labute approximate surface area is 179 Å². The molecular weight excluding hydrogens is 430 g/mol. The summed E-state index contributed by atoms with van der Waals surface area (Å²) in [6.45, 7) is 1.97. The van der Waals surface area contributed by atoms with E-state index < -0.39 is 0 Å². The molecule has 1 saturated carbocycles. The Morgan fingerprint density at radius 3 is 2.86 bits per heavy atom. The van der Waals surface area contributed by atoms with Gasteiger partial charge in [-0.25, -0.2) is 4.98 Å². The number of hydrogen-bond donors (Lipinski definition) is 1. The van der Waals surface area contributed by atoms with Gasteiger partial charge in [0.2, 0.25) is 0 Å². The van der Waals surface area contributed by atoms with Crippen LogP contribution < -0.4 is 10.1 Å². The highest BCUT2D eigenvalue weighted by atomic mass is 79.9. The zero-order valence-corrected chi connectivity index (χ0v) is 18.2. The van der Waals surface area contributed by atoms with Crippen molar-refractivity contribution in [3.63, 3.8) is 0 Å². The number of aromatic nitrogens is 2. The third kappa shape index (κ3) is 4.64. The van der Waals surface area contributed by atoms with Crippen molar-refractivity contribution >= 4 is 33.4 Å². The van der Waals surface area contributed by atoms with E-state index in [4.69, 9.17) is 9.72 Å². The van der Waals surface area contributed by atoms with E-state index in [2.05, 4.69) is 25.6 Å². The number of halogens is 1. The summed E-state index contributed by atoms with van der Waals surface area (Å²) in [5.41, 5.74) is 2.70. The van der Waals surface area contributed by atoms with Crippen LogP contribution in [0.15, 0.2) is 47.1 Å². The van der Waals surface area contributed by atoms with Gasteiger partial charge in [-0.2, -0.15) is 0 Å². The predicted molar refractivity (Wildman–Crippen MR) is 119 cm³/mol. The summed E-state index contributed by atoms with van der Waals surface area (Å²) >= 11 is 3.58. The molecule has 152 valence electrons. The molecule has 0 amide bonds. The molecule has 0 unspecified atom stereocenters. The largest absolute Gasteiger partial charge is 0.427 e. The van der Waals surface area contributed by atoms with Gasteiger partial charge in [-0.1, -0.05) is 38.3 Å². The Morgan fingerprint density at radius 1 is 1.24 bits per heavy atom. The molecule has 1 aliphatic carbocycles. The molecular formula is C23H26BrN3O2. The number of ether oxygens (including phenoxy) is 1. The Balaban J connectivity index is 1.72. The molecule has 1 aliphatic rings. The van der Waals surface area contributed by atoms with Crippen molar-refractivity contribution in [1.82, 2.24) is 9.38 Å². The molecule has 0 atom stereocenters. The van der Waals surface area contributed by atoms with E-state index in [1.54, 1.807) is 0 Å². The second-order valence-corrected chi connectivity index (χ2v) is 8.53. The minimum atomic E-state index is -0.205. The van der Waals surface area contributed by atoms with Gasteiger partial charge in [-0.15, -0.1) is 0 Å². The van der Waals surface area contributed by atoms with Crippen molar-refractivity contribution in [2.45, 2.75) is 57.9 Å². The number of esters is 1. The fourth-order valence-electron chi connectivity index (χ4n) is 3.89. The second kappa shape index (κ2) is 8.99. The number of carbonyl (C=O) groups is 1. The zero-order chi connectivity index (χ0) is 20.2. The molecule has 5 nitrogen and oxygen atoms in total. The molecule has 0 radical (unpaired) electrons. The van der Waals surface area contributed by atoms with E-state index >= 15 is 0 Å². The molecule has 4 rings (SSSR count). The van der Waals surface area contributed by atoms with Gasteiger partial charge in [0, 0.05) is 28.7 Å². The Morgan fingerprint density at radius 2 is 2.07 bits per heavy atom. The monoisotopic (exact) mass is 455 g/mol. The number of anilines is 1. The van der Waals surface area contributed by atoms with Gasteiger partial charge in [0.1, 0.15) is 22.9 Å². The van der Waals surface area contributed by atoms with Crippen molar-refractivity contribution in [2.75, 3.05) is 5.32 Å². The quantitative estimate of drug-likeness (QED) is 0.354. The number of nitrogens with zero attached hydrogens (tertiary/aromatic N) is 2. The number of hydrogen-bond acceptors (Lipinski definition) is 4. The molecule has 2 heterocycles. The third-order valence-electron chi connectivity index (χ3n) is 5.32. The molecule has 29 heavy (non-hydrogen) atoms. The zero-order valence-electron chi connectivity index (χ0n) is 16.7. The minimum absolute atomic E-state index is 0.205. The average Bonchev–Trinajstić information content (AvgIpc) is 3.07. The minimum Gasteiger partial charge on any atom is -0.427 e. The Bertz CT molecular complexity index is 1010. The van der Waals surface area contributed by atoms with E-state index in [1.165, 1.54) is 32.1 Å². The van der Waals surface area contributed by atoms with Crippen LogP contribution in [0.25, 0.3) is 16.9 Å². The van der Waals surface area contributed by atoms with Gasteiger partial charge in [0.05, 0.1) is 0 Å². The van der Waals surface area contributed by atoms with Crippen LogP contribution in [0.4, 0.5) is 5.82 Å². The van der Waals surface area contributed by atoms with Crippen LogP contribution in [0, 0.1) is 0 Å². The number of benzene rings is 1. The molecule has 2 aromatic heterocycles. The van der Waals surface area contributed by atoms with E-state index in [1.807, 2.05) is 49.5 Å². The van der Waals surface area contributed by atoms with Crippen LogP contribution in [-0.2, 0) is 4.79 Å². The summed E-state index contributed by atoms with van der Waals surface area (Å²) in [5, 5.41) is 3.75. The Kier molecular flexibility index (Phi) is 6.19. The van der Waals surface area contributed by atoms with Crippen LogP contribution in [0.3, 0.4) is 0 Å². The van der Waals surface area contributed by atoms with Gasteiger partial charge in [-0.3, -0.25) is 9.20 Å². The highest BCUT2D eigenvalue weighted by Crippen LogP contribution is 2.33. The Hall–Kier alpha value is -2.34. The van der Waals surface area contributed by atoms with Crippen molar-refractivity contribution in [2.24, 2.45) is 0 Å². The van der Waals surface area contributed by atoms with Gasteiger partial charge < -0.3 is 10.1 Å². The number of carbonyl (C=O) groups excluding carboxylic acids is 1. The maximum atomic E-state index is 11.9. The predicted octanol–water partition coefficient (Wildman–Crippen LogP) is 6.21. The fourth-order valence-corrected chi connectivity index (χ4v) is 4.23. The summed E-state index contributed by atoms with van der Waals surface area (Å²) in [6.07, 6.45) is 9.42. The van der Waals surface area contributed by atoms with Crippen LogP contribution in [0.2, 0.25) is 0 Å². The molecule has 1 fully saturated rings. The normalized spacial score (nSPS) is 14.8. The SMILES string of the molecule is CCCC(=O)Oc1cccc(-c2nc3ccc(Br)cn3c2NC2CCCCC2)c1. The second-order valence-electron chi connectivity index (χ2n) is 7.62. The van der Waals surface area contributed by atoms with Crippen molar-refractivity contribution in [3.8, 4) is 17.0 Å². The number of fused-ring (bicyclic) bond motifs is 1. The van der Waals surface area contributed by atoms with Crippen LogP contribution in [0.1, 0.15) is 51.9 Å². The van der Waals surface area contributed by atoms with E-state index in [-0.39, 0.29) is 5.97 Å². The van der Waals surface area contributed by atoms with Crippen LogP contribution >= 0.6 is 15.9 Å². The van der Waals surface area contributed by atoms with Gasteiger partial charge >= 0.3 is 5.97 Å². The molecule has 3 aromatic rings. The first-order chi connectivity index (χ1) is 14.1. The third-order valence-corrected chi connectivity index (χ3v) is 5.79. The van der Waals surface area contributed by atoms with Crippen molar-refractivity contribution in [3.05, 3.63) is 47.1 Å². The first-order valence-corrected chi connectivity index (χ1v) is 11.2. The van der Waals surface area contributed by atoms with Crippen LogP contribution in [0.5, 0.6) is 5.75 Å². The van der Waals surface area contributed by atoms with Gasteiger partial charge in [-0.05, 0) is 59.5 Å². The van der Waals surface area contributed by atoms with Crippen molar-refractivity contribution in [1.29, 1.82) is 0 Å².